The lowest BCUT2D eigenvalue weighted by Crippen LogP contribution is -2.57. The molecule has 2 rings (SSSR count). The molecule has 1 aliphatic heterocycles. The zero-order valence-electron chi connectivity index (χ0n) is 11.9. The molecule has 2 heterocycles. The van der Waals surface area contributed by atoms with Crippen LogP contribution in [0.5, 0.6) is 0 Å². The van der Waals surface area contributed by atoms with Crippen molar-refractivity contribution in [2.45, 2.75) is 13.0 Å². The van der Waals surface area contributed by atoms with Gasteiger partial charge in [0.25, 0.3) is 0 Å². The third-order valence-corrected chi connectivity index (χ3v) is 3.08. The van der Waals surface area contributed by atoms with Crippen molar-refractivity contribution < 1.29 is 14.3 Å². The van der Waals surface area contributed by atoms with Gasteiger partial charge >= 0.3 is 5.97 Å². The van der Waals surface area contributed by atoms with Crippen molar-refractivity contribution in [3.05, 3.63) is 18.5 Å². The predicted octanol–water partition coefficient (Wildman–Crippen LogP) is -0.748. The van der Waals surface area contributed by atoms with Crippen LogP contribution in [-0.4, -0.2) is 65.6 Å². The Labute approximate surface area is 122 Å². The van der Waals surface area contributed by atoms with Crippen LogP contribution in [-0.2, 0) is 14.3 Å². The smallest absolute Gasteiger partial charge is 0.324 e. The van der Waals surface area contributed by atoms with Crippen LogP contribution < -0.4 is 10.6 Å². The summed E-state index contributed by atoms with van der Waals surface area (Å²) >= 11 is 0. The number of hydrogen-bond acceptors (Lipinski definition) is 7. The number of ether oxygens (including phenoxy) is 1. The van der Waals surface area contributed by atoms with Gasteiger partial charge in [-0.25, -0.2) is 9.97 Å². The molecule has 0 aromatic carbocycles. The van der Waals surface area contributed by atoms with Crippen LogP contribution in [0.15, 0.2) is 18.5 Å². The van der Waals surface area contributed by atoms with Crippen molar-refractivity contribution in [1.82, 2.24) is 20.2 Å². The number of rotatable bonds is 5. The number of aromatic nitrogens is 2. The Morgan fingerprint density at radius 2 is 2.24 bits per heavy atom. The molecule has 1 aromatic heterocycles. The van der Waals surface area contributed by atoms with Gasteiger partial charge in [-0.15, -0.1) is 0 Å². The fraction of sp³-hybridized carbons (Fsp3) is 0.538. The molecule has 1 fully saturated rings. The standard InChI is InChI=1S/C13H19N5O3/c1-2-21-12(20)10-8-14-6-7-18(10)9-11(19)17-13-15-4-3-5-16-13/h3-5,10,14H,2,6-9H2,1H3,(H,15,16,17,19). The van der Waals surface area contributed by atoms with Gasteiger partial charge in [-0.1, -0.05) is 0 Å². The number of hydrogen-bond donors (Lipinski definition) is 2. The molecule has 1 amide bonds. The van der Waals surface area contributed by atoms with Crippen molar-refractivity contribution in [3.63, 3.8) is 0 Å². The molecule has 0 aliphatic carbocycles. The first kappa shape index (κ1) is 15.3. The number of anilines is 1. The number of nitrogens with zero attached hydrogens (tertiary/aromatic N) is 3. The summed E-state index contributed by atoms with van der Waals surface area (Å²) in [5, 5.41) is 5.73. The zero-order chi connectivity index (χ0) is 15.1. The summed E-state index contributed by atoms with van der Waals surface area (Å²) in [7, 11) is 0. The average Bonchev–Trinajstić information content (AvgIpc) is 2.49. The molecular weight excluding hydrogens is 274 g/mol. The Hall–Kier alpha value is -2.06. The van der Waals surface area contributed by atoms with E-state index in [0.717, 1.165) is 6.54 Å². The molecule has 8 heteroatoms. The summed E-state index contributed by atoms with van der Waals surface area (Å²) in [5.74, 6) is -0.309. The topological polar surface area (TPSA) is 96.5 Å². The van der Waals surface area contributed by atoms with E-state index in [0.29, 0.717) is 19.7 Å². The minimum Gasteiger partial charge on any atom is -0.465 e. The third kappa shape index (κ3) is 4.47. The molecule has 114 valence electrons. The van der Waals surface area contributed by atoms with E-state index in [9.17, 15) is 9.59 Å². The molecule has 0 bridgehead atoms. The van der Waals surface area contributed by atoms with Gasteiger partial charge in [0.05, 0.1) is 13.2 Å². The van der Waals surface area contributed by atoms with Crippen molar-refractivity contribution >= 4 is 17.8 Å². The van der Waals surface area contributed by atoms with Crippen molar-refractivity contribution in [2.75, 3.05) is 38.1 Å². The fourth-order valence-electron chi connectivity index (χ4n) is 2.12. The van der Waals surface area contributed by atoms with E-state index in [1.54, 1.807) is 30.3 Å². The molecule has 1 unspecified atom stereocenters. The first-order valence-corrected chi connectivity index (χ1v) is 6.89. The van der Waals surface area contributed by atoms with Crippen LogP contribution in [0.3, 0.4) is 0 Å². The maximum atomic E-state index is 12.0. The van der Waals surface area contributed by atoms with Gasteiger partial charge < -0.3 is 10.1 Å². The van der Waals surface area contributed by atoms with Crippen LogP contribution in [0.25, 0.3) is 0 Å². The van der Waals surface area contributed by atoms with Crippen LogP contribution in [0.4, 0.5) is 5.95 Å². The molecule has 8 nitrogen and oxygen atoms in total. The largest absolute Gasteiger partial charge is 0.465 e. The summed E-state index contributed by atoms with van der Waals surface area (Å²) in [6.45, 7) is 4.00. The van der Waals surface area contributed by atoms with E-state index < -0.39 is 6.04 Å². The first-order valence-electron chi connectivity index (χ1n) is 6.89. The van der Waals surface area contributed by atoms with E-state index in [2.05, 4.69) is 20.6 Å². The van der Waals surface area contributed by atoms with Gasteiger partial charge in [0, 0.05) is 32.0 Å². The summed E-state index contributed by atoms with van der Waals surface area (Å²) in [6, 6.07) is 1.23. The molecule has 1 atom stereocenters. The Bertz CT molecular complexity index is 482. The molecule has 0 saturated carbocycles. The summed E-state index contributed by atoms with van der Waals surface area (Å²) in [6.07, 6.45) is 3.10. The van der Waals surface area contributed by atoms with Gasteiger partial charge in [-0.2, -0.15) is 0 Å². The van der Waals surface area contributed by atoms with Gasteiger partial charge in [-0.05, 0) is 13.0 Å². The Kier molecular flexibility index (Phi) is 5.59. The lowest BCUT2D eigenvalue weighted by molar-refractivity contribution is -0.150. The molecule has 1 aliphatic rings. The monoisotopic (exact) mass is 293 g/mol. The molecule has 0 spiro atoms. The third-order valence-electron chi connectivity index (χ3n) is 3.08. The second-order valence-corrected chi connectivity index (χ2v) is 4.56. The maximum Gasteiger partial charge on any atom is 0.324 e. The SMILES string of the molecule is CCOC(=O)C1CNCCN1CC(=O)Nc1ncccn1. The highest BCUT2D eigenvalue weighted by Gasteiger charge is 2.31. The van der Waals surface area contributed by atoms with Gasteiger partial charge in [0.1, 0.15) is 6.04 Å². The Balaban J connectivity index is 1.92. The number of carbonyl (C=O) groups excluding carboxylic acids is 2. The highest BCUT2D eigenvalue weighted by molar-refractivity contribution is 5.91. The van der Waals surface area contributed by atoms with Crippen molar-refractivity contribution in [2.24, 2.45) is 0 Å². The lowest BCUT2D eigenvalue weighted by Gasteiger charge is -2.33. The molecule has 0 radical (unpaired) electrons. The lowest BCUT2D eigenvalue weighted by atomic mass is 10.2. The van der Waals surface area contributed by atoms with Crippen LogP contribution in [0.1, 0.15) is 6.92 Å². The highest BCUT2D eigenvalue weighted by Crippen LogP contribution is 2.06. The molecule has 2 N–H and O–H groups in total. The van der Waals surface area contributed by atoms with Gasteiger partial charge in [-0.3, -0.25) is 19.8 Å². The number of piperazine rings is 1. The number of amides is 1. The van der Waals surface area contributed by atoms with Crippen molar-refractivity contribution in [3.8, 4) is 0 Å². The highest BCUT2D eigenvalue weighted by atomic mass is 16.5. The van der Waals surface area contributed by atoms with Crippen LogP contribution >= 0.6 is 0 Å². The summed E-state index contributed by atoms with van der Waals surface area (Å²) in [4.78, 5) is 33.5. The minimum atomic E-state index is -0.443. The molecule has 21 heavy (non-hydrogen) atoms. The van der Waals surface area contributed by atoms with E-state index in [1.165, 1.54) is 0 Å². The van der Waals surface area contributed by atoms with Gasteiger partial charge in [0.2, 0.25) is 11.9 Å². The summed E-state index contributed by atoms with van der Waals surface area (Å²) in [5.41, 5.74) is 0. The average molecular weight is 293 g/mol. The quantitative estimate of drug-likeness (QED) is 0.690. The molecule has 1 saturated heterocycles. The number of carbonyl (C=O) groups is 2. The first-order chi connectivity index (χ1) is 10.2. The van der Waals surface area contributed by atoms with Crippen LogP contribution in [0.2, 0.25) is 0 Å². The van der Waals surface area contributed by atoms with E-state index >= 15 is 0 Å². The second kappa shape index (κ2) is 7.65. The maximum absolute atomic E-state index is 12.0. The summed E-state index contributed by atoms with van der Waals surface area (Å²) < 4.78 is 5.03. The van der Waals surface area contributed by atoms with Crippen LogP contribution in [0, 0.1) is 0 Å². The second-order valence-electron chi connectivity index (χ2n) is 4.56. The molecular formula is C13H19N5O3. The van der Waals surface area contributed by atoms with Gasteiger partial charge in [0.15, 0.2) is 0 Å². The predicted molar refractivity (Wildman–Crippen MR) is 75.5 cm³/mol. The Morgan fingerprint density at radius 1 is 1.48 bits per heavy atom. The van der Waals surface area contributed by atoms with Crippen molar-refractivity contribution in [1.29, 1.82) is 0 Å². The normalized spacial score (nSPS) is 19.0. The number of nitrogens with one attached hydrogen (secondary N) is 2. The fourth-order valence-corrected chi connectivity index (χ4v) is 2.12. The zero-order valence-corrected chi connectivity index (χ0v) is 11.9. The van der Waals surface area contributed by atoms with E-state index in [4.69, 9.17) is 4.74 Å². The minimum absolute atomic E-state index is 0.101. The van der Waals surface area contributed by atoms with E-state index in [-0.39, 0.29) is 24.4 Å². The molecule has 1 aromatic rings. The van der Waals surface area contributed by atoms with E-state index in [1.807, 2.05) is 0 Å². The Morgan fingerprint density at radius 3 is 2.95 bits per heavy atom. The number of esters is 1.